The molecule has 2 aromatic rings. The molecule has 2 rings (SSSR count). The molecule has 0 aliphatic carbocycles. The summed E-state index contributed by atoms with van der Waals surface area (Å²) in [6.45, 7) is 0. The van der Waals surface area contributed by atoms with Gasteiger partial charge in [-0.25, -0.2) is 9.18 Å². The summed E-state index contributed by atoms with van der Waals surface area (Å²) in [7, 11) is 0. The predicted octanol–water partition coefficient (Wildman–Crippen LogP) is 2.34. The van der Waals surface area contributed by atoms with Crippen molar-refractivity contribution in [3.05, 3.63) is 36.3 Å². The van der Waals surface area contributed by atoms with E-state index in [-0.39, 0.29) is 11.3 Å². The van der Waals surface area contributed by atoms with Crippen molar-refractivity contribution in [2.24, 2.45) is 4.99 Å². The van der Waals surface area contributed by atoms with Gasteiger partial charge in [-0.05, 0) is 12.1 Å². The minimum atomic E-state index is -0.385. The van der Waals surface area contributed by atoms with E-state index in [1.165, 1.54) is 18.3 Å². The number of halogens is 1. The number of para-hydroxylation sites is 1. The number of nitrogens with zero attached hydrogens (tertiary/aromatic N) is 2. The van der Waals surface area contributed by atoms with Crippen LogP contribution in [0.5, 0.6) is 0 Å². The molecule has 0 spiro atoms. The zero-order chi connectivity index (χ0) is 9.97. The minimum absolute atomic E-state index is 0.275. The molecule has 0 amide bonds. The highest BCUT2D eigenvalue weighted by molar-refractivity contribution is 5.81. The summed E-state index contributed by atoms with van der Waals surface area (Å²) in [6, 6.07) is 6.19. The van der Waals surface area contributed by atoms with Crippen molar-refractivity contribution in [2.45, 2.75) is 0 Å². The van der Waals surface area contributed by atoms with Gasteiger partial charge in [-0.3, -0.25) is 4.98 Å². The van der Waals surface area contributed by atoms with Crippen LogP contribution in [-0.4, -0.2) is 11.1 Å². The first-order chi connectivity index (χ1) is 6.81. The van der Waals surface area contributed by atoms with Gasteiger partial charge in [0.1, 0.15) is 11.3 Å². The number of benzene rings is 1. The molecule has 4 heteroatoms. The average Bonchev–Trinajstić information content (AvgIpc) is 2.18. The molecule has 0 saturated carbocycles. The lowest BCUT2D eigenvalue weighted by molar-refractivity contribution is 0.565. The molecule has 1 aromatic heterocycles. The standard InChI is InChI=1S/C10H5FN2O/c11-9-3-1-2-7-4-8(13-6-14)5-12-10(7)9/h1-5H. The Labute approximate surface area is 78.9 Å². The molecule has 0 radical (unpaired) electrons. The molecule has 14 heavy (non-hydrogen) atoms. The Bertz CT molecular complexity index is 533. The Morgan fingerprint density at radius 3 is 3.07 bits per heavy atom. The first-order valence-corrected chi connectivity index (χ1v) is 3.93. The SMILES string of the molecule is O=C=Nc1cnc2c(F)cccc2c1. The summed E-state index contributed by atoms with van der Waals surface area (Å²) in [5.74, 6) is -0.385. The van der Waals surface area contributed by atoms with Crippen LogP contribution in [0.1, 0.15) is 0 Å². The lowest BCUT2D eigenvalue weighted by Gasteiger charge is -1.97. The quantitative estimate of drug-likeness (QED) is 0.509. The van der Waals surface area contributed by atoms with E-state index >= 15 is 0 Å². The van der Waals surface area contributed by atoms with Crippen molar-refractivity contribution < 1.29 is 9.18 Å². The molecule has 0 aliphatic rings. The zero-order valence-corrected chi connectivity index (χ0v) is 7.07. The summed E-state index contributed by atoms with van der Waals surface area (Å²) in [5.41, 5.74) is 0.649. The molecule has 68 valence electrons. The smallest absolute Gasteiger partial charge is 0.240 e. The van der Waals surface area contributed by atoms with E-state index in [0.717, 1.165) is 0 Å². The number of aliphatic imine (C=N–C) groups is 1. The van der Waals surface area contributed by atoms with Crippen LogP contribution in [0.3, 0.4) is 0 Å². The van der Waals surface area contributed by atoms with Crippen molar-refractivity contribution in [3.8, 4) is 0 Å². The van der Waals surface area contributed by atoms with Gasteiger partial charge in [-0.2, -0.15) is 4.99 Å². The van der Waals surface area contributed by atoms with Crippen molar-refractivity contribution in [1.29, 1.82) is 0 Å². The Morgan fingerprint density at radius 2 is 2.29 bits per heavy atom. The van der Waals surface area contributed by atoms with Crippen LogP contribution in [0.4, 0.5) is 10.1 Å². The molecule has 0 saturated heterocycles. The minimum Gasteiger partial charge on any atom is -0.251 e. The second-order valence-electron chi connectivity index (χ2n) is 2.71. The lowest BCUT2D eigenvalue weighted by atomic mass is 10.2. The highest BCUT2D eigenvalue weighted by Gasteiger charge is 2.01. The third-order valence-electron chi connectivity index (χ3n) is 1.82. The molecule has 0 fully saturated rings. The second kappa shape index (κ2) is 3.36. The Hall–Kier alpha value is -2.06. The molecule has 3 nitrogen and oxygen atoms in total. The molecule has 1 aromatic carbocycles. The van der Waals surface area contributed by atoms with Crippen LogP contribution < -0.4 is 0 Å². The van der Waals surface area contributed by atoms with Gasteiger partial charge >= 0.3 is 0 Å². The van der Waals surface area contributed by atoms with Crippen LogP contribution in [0.2, 0.25) is 0 Å². The van der Waals surface area contributed by atoms with Crippen molar-refractivity contribution >= 4 is 22.7 Å². The zero-order valence-electron chi connectivity index (χ0n) is 7.07. The van der Waals surface area contributed by atoms with Crippen LogP contribution in [-0.2, 0) is 4.79 Å². The van der Waals surface area contributed by atoms with E-state index in [1.54, 1.807) is 18.2 Å². The largest absolute Gasteiger partial charge is 0.251 e. The number of hydrogen-bond acceptors (Lipinski definition) is 3. The molecule has 0 unspecified atom stereocenters. The Balaban J connectivity index is 2.73. The fraction of sp³-hybridized carbons (Fsp3) is 0. The highest BCUT2D eigenvalue weighted by atomic mass is 19.1. The number of fused-ring (bicyclic) bond motifs is 1. The van der Waals surface area contributed by atoms with Crippen molar-refractivity contribution in [1.82, 2.24) is 4.98 Å². The van der Waals surface area contributed by atoms with Gasteiger partial charge in [0.2, 0.25) is 6.08 Å². The molecule has 1 heterocycles. The monoisotopic (exact) mass is 188 g/mol. The van der Waals surface area contributed by atoms with Crippen LogP contribution >= 0.6 is 0 Å². The summed E-state index contributed by atoms with van der Waals surface area (Å²) < 4.78 is 13.1. The number of rotatable bonds is 1. The maximum Gasteiger partial charge on any atom is 0.240 e. The van der Waals surface area contributed by atoms with Crippen molar-refractivity contribution in [3.63, 3.8) is 0 Å². The summed E-state index contributed by atoms with van der Waals surface area (Å²) in [6.07, 6.45) is 2.73. The molecule has 0 aliphatic heterocycles. The van der Waals surface area contributed by atoms with Crippen molar-refractivity contribution in [2.75, 3.05) is 0 Å². The Kier molecular flexibility index (Phi) is 2.05. The van der Waals surface area contributed by atoms with E-state index in [0.29, 0.717) is 11.1 Å². The van der Waals surface area contributed by atoms with Gasteiger partial charge in [0.25, 0.3) is 0 Å². The van der Waals surface area contributed by atoms with Gasteiger partial charge in [0, 0.05) is 5.39 Å². The van der Waals surface area contributed by atoms with Gasteiger partial charge in [-0.15, -0.1) is 0 Å². The van der Waals surface area contributed by atoms with Crippen LogP contribution in [0, 0.1) is 5.82 Å². The van der Waals surface area contributed by atoms with Gasteiger partial charge in [-0.1, -0.05) is 12.1 Å². The van der Waals surface area contributed by atoms with Gasteiger partial charge in [0.15, 0.2) is 0 Å². The predicted molar refractivity (Wildman–Crippen MR) is 49.5 cm³/mol. The maximum atomic E-state index is 13.1. The van der Waals surface area contributed by atoms with E-state index < -0.39 is 0 Å². The second-order valence-corrected chi connectivity index (χ2v) is 2.71. The maximum absolute atomic E-state index is 13.1. The summed E-state index contributed by atoms with van der Waals surface area (Å²) >= 11 is 0. The first kappa shape index (κ1) is 8.53. The first-order valence-electron chi connectivity index (χ1n) is 3.93. The summed E-state index contributed by atoms with van der Waals surface area (Å²) in [4.78, 5) is 17.2. The number of aromatic nitrogens is 1. The lowest BCUT2D eigenvalue weighted by Crippen LogP contribution is -1.82. The van der Waals surface area contributed by atoms with E-state index in [9.17, 15) is 9.18 Å². The molecular weight excluding hydrogens is 183 g/mol. The Morgan fingerprint density at radius 1 is 1.43 bits per heavy atom. The third kappa shape index (κ3) is 1.39. The third-order valence-corrected chi connectivity index (χ3v) is 1.82. The van der Waals surface area contributed by atoms with Crippen LogP contribution in [0.15, 0.2) is 35.5 Å². The van der Waals surface area contributed by atoms with Gasteiger partial charge < -0.3 is 0 Å². The fourth-order valence-corrected chi connectivity index (χ4v) is 1.23. The molecule has 0 N–H and O–H groups in total. The van der Waals surface area contributed by atoms with E-state index in [1.807, 2.05) is 0 Å². The van der Waals surface area contributed by atoms with E-state index in [2.05, 4.69) is 9.98 Å². The number of carbonyl (C=O) groups excluding carboxylic acids is 1. The van der Waals surface area contributed by atoms with Gasteiger partial charge in [0.05, 0.1) is 11.9 Å². The summed E-state index contributed by atoms with van der Waals surface area (Å²) in [5, 5.41) is 0.613. The molecule has 0 bridgehead atoms. The topological polar surface area (TPSA) is 42.3 Å². The molecular formula is C10H5FN2O. The highest BCUT2D eigenvalue weighted by Crippen LogP contribution is 2.20. The number of isocyanates is 1. The average molecular weight is 188 g/mol. The normalized spacial score (nSPS) is 9.79. The number of hydrogen-bond donors (Lipinski definition) is 0. The van der Waals surface area contributed by atoms with Crippen LogP contribution in [0.25, 0.3) is 10.9 Å². The fourth-order valence-electron chi connectivity index (χ4n) is 1.23. The number of pyridine rings is 1. The molecule has 0 atom stereocenters. The van der Waals surface area contributed by atoms with E-state index in [4.69, 9.17) is 0 Å².